The molecule has 5 nitrogen and oxygen atoms in total. The van der Waals surface area contributed by atoms with E-state index in [2.05, 4.69) is 4.98 Å². The van der Waals surface area contributed by atoms with Gasteiger partial charge in [-0.25, -0.2) is 0 Å². The van der Waals surface area contributed by atoms with Gasteiger partial charge in [0.25, 0.3) is 0 Å². The smallest absolute Gasteiger partial charge is 0.320 e. The van der Waals surface area contributed by atoms with Crippen LogP contribution in [-0.4, -0.2) is 33.5 Å². The van der Waals surface area contributed by atoms with Crippen LogP contribution >= 0.6 is 0 Å². The summed E-state index contributed by atoms with van der Waals surface area (Å²) in [7, 11) is 0. The largest absolute Gasteiger partial charge is 0.480 e. The van der Waals surface area contributed by atoms with E-state index < -0.39 is 12.0 Å². The highest BCUT2D eigenvalue weighted by molar-refractivity contribution is 5.74. The number of likely N-dealkylation sites (tertiary alicyclic amines) is 1. The Morgan fingerprint density at radius 3 is 3.05 bits per heavy atom. The van der Waals surface area contributed by atoms with E-state index in [1.807, 2.05) is 30.0 Å². The molecule has 0 spiro atoms. The molecule has 0 saturated carbocycles. The predicted molar refractivity (Wildman–Crippen MR) is 76.9 cm³/mol. The number of furan rings is 1. The molecule has 0 bridgehead atoms. The Labute approximate surface area is 123 Å². The van der Waals surface area contributed by atoms with Gasteiger partial charge in [-0.3, -0.25) is 14.7 Å². The highest BCUT2D eigenvalue weighted by Crippen LogP contribution is 2.36. The van der Waals surface area contributed by atoms with E-state index in [0.717, 1.165) is 29.9 Å². The summed E-state index contributed by atoms with van der Waals surface area (Å²) < 4.78 is 5.59. The minimum absolute atomic E-state index is 0.174. The van der Waals surface area contributed by atoms with Crippen molar-refractivity contribution in [2.45, 2.75) is 31.8 Å². The molecule has 1 N–H and O–H groups in total. The molecule has 0 aliphatic carbocycles. The van der Waals surface area contributed by atoms with Crippen molar-refractivity contribution in [3.63, 3.8) is 0 Å². The number of aromatic nitrogens is 1. The Balaban J connectivity index is 2.05. The van der Waals surface area contributed by atoms with Crippen LogP contribution in [-0.2, 0) is 4.79 Å². The first-order valence-corrected chi connectivity index (χ1v) is 7.11. The van der Waals surface area contributed by atoms with Gasteiger partial charge in [-0.05, 0) is 49.1 Å². The molecule has 2 atom stereocenters. The number of nitrogens with zero attached hydrogens (tertiary/aromatic N) is 2. The molecule has 2 aromatic heterocycles. The monoisotopic (exact) mass is 286 g/mol. The molecule has 0 amide bonds. The minimum Gasteiger partial charge on any atom is -0.480 e. The lowest BCUT2D eigenvalue weighted by Crippen LogP contribution is -2.39. The number of aliphatic carboxylic acids is 1. The second-order valence-corrected chi connectivity index (χ2v) is 5.38. The lowest BCUT2D eigenvalue weighted by atomic mass is 9.99. The van der Waals surface area contributed by atoms with Gasteiger partial charge in [0, 0.05) is 18.9 Å². The van der Waals surface area contributed by atoms with Crippen molar-refractivity contribution in [2.24, 2.45) is 0 Å². The van der Waals surface area contributed by atoms with Crippen LogP contribution in [0.15, 0.2) is 41.3 Å². The molecule has 0 radical (unpaired) electrons. The molecule has 110 valence electrons. The summed E-state index contributed by atoms with van der Waals surface area (Å²) in [6, 6.07) is 5.05. The maximum absolute atomic E-state index is 11.5. The van der Waals surface area contributed by atoms with Crippen molar-refractivity contribution in [3.8, 4) is 0 Å². The molecule has 1 aliphatic rings. The van der Waals surface area contributed by atoms with Crippen molar-refractivity contribution < 1.29 is 14.3 Å². The standard InChI is InChI=1S/C16H18N2O3/c1-11-10-17-7-6-12(11)15(14-5-3-9-21-14)18-8-2-4-13(18)16(19)20/h3,5-7,9-10,13,15H,2,4,8H2,1H3,(H,19,20). The van der Waals surface area contributed by atoms with Gasteiger partial charge in [-0.1, -0.05) is 0 Å². The first-order chi connectivity index (χ1) is 10.2. The Morgan fingerprint density at radius 1 is 1.52 bits per heavy atom. The average molecular weight is 286 g/mol. The molecular weight excluding hydrogens is 268 g/mol. The number of pyridine rings is 1. The van der Waals surface area contributed by atoms with Crippen LogP contribution in [0.1, 0.15) is 35.8 Å². The molecule has 5 heteroatoms. The third-order valence-electron chi connectivity index (χ3n) is 4.08. The molecular formula is C16H18N2O3. The van der Waals surface area contributed by atoms with E-state index in [0.29, 0.717) is 6.42 Å². The van der Waals surface area contributed by atoms with Crippen LogP contribution in [0, 0.1) is 6.92 Å². The fraction of sp³-hybridized carbons (Fsp3) is 0.375. The van der Waals surface area contributed by atoms with Crippen molar-refractivity contribution in [2.75, 3.05) is 6.54 Å². The molecule has 2 aromatic rings. The minimum atomic E-state index is -0.768. The topological polar surface area (TPSA) is 66.6 Å². The van der Waals surface area contributed by atoms with Gasteiger partial charge in [-0.15, -0.1) is 0 Å². The maximum Gasteiger partial charge on any atom is 0.320 e. The number of carboxylic acid groups (broad SMARTS) is 1. The summed E-state index contributed by atoms with van der Waals surface area (Å²) in [5.41, 5.74) is 2.09. The van der Waals surface area contributed by atoms with E-state index in [1.165, 1.54) is 0 Å². The van der Waals surface area contributed by atoms with Gasteiger partial charge >= 0.3 is 5.97 Å². The highest BCUT2D eigenvalue weighted by Gasteiger charge is 2.38. The second-order valence-electron chi connectivity index (χ2n) is 5.38. The van der Waals surface area contributed by atoms with Crippen LogP contribution in [0.3, 0.4) is 0 Å². The predicted octanol–water partition coefficient (Wildman–Crippen LogP) is 2.62. The van der Waals surface area contributed by atoms with E-state index in [9.17, 15) is 9.90 Å². The summed E-state index contributed by atoms with van der Waals surface area (Å²) in [5.74, 6) is 0.00761. The summed E-state index contributed by atoms with van der Waals surface area (Å²) in [6.45, 7) is 2.74. The number of carbonyl (C=O) groups is 1. The summed E-state index contributed by atoms with van der Waals surface area (Å²) >= 11 is 0. The Kier molecular flexibility index (Phi) is 3.75. The average Bonchev–Trinajstić information content (AvgIpc) is 3.13. The molecule has 3 heterocycles. The highest BCUT2D eigenvalue weighted by atomic mass is 16.4. The van der Waals surface area contributed by atoms with Crippen molar-refractivity contribution in [1.29, 1.82) is 0 Å². The summed E-state index contributed by atoms with van der Waals surface area (Å²) in [6.07, 6.45) is 6.74. The zero-order valence-electron chi connectivity index (χ0n) is 11.9. The SMILES string of the molecule is Cc1cnccc1C(c1ccco1)N1CCCC1C(=O)O. The van der Waals surface area contributed by atoms with Gasteiger partial charge in [0.15, 0.2) is 0 Å². The molecule has 2 unspecified atom stereocenters. The third kappa shape index (κ3) is 2.56. The number of carboxylic acids is 1. The Morgan fingerprint density at radius 2 is 2.38 bits per heavy atom. The zero-order chi connectivity index (χ0) is 14.8. The maximum atomic E-state index is 11.5. The summed E-state index contributed by atoms with van der Waals surface area (Å²) in [4.78, 5) is 17.7. The quantitative estimate of drug-likeness (QED) is 0.935. The lowest BCUT2D eigenvalue weighted by molar-refractivity contribution is -0.142. The van der Waals surface area contributed by atoms with Gasteiger partial charge in [-0.2, -0.15) is 0 Å². The van der Waals surface area contributed by atoms with Crippen LogP contribution in [0.2, 0.25) is 0 Å². The van der Waals surface area contributed by atoms with Crippen molar-refractivity contribution in [1.82, 2.24) is 9.88 Å². The molecule has 1 saturated heterocycles. The molecule has 3 rings (SSSR count). The molecule has 1 aliphatic heterocycles. The fourth-order valence-corrected chi connectivity index (χ4v) is 3.10. The first kappa shape index (κ1) is 13.8. The lowest BCUT2D eigenvalue weighted by Gasteiger charge is -2.30. The van der Waals surface area contributed by atoms with Crippen LogP contribution in [0.25, 0.3) is 0 Å². The fourth-order valence-electron chi connectivity index (χ4n) is 3.10. The Bertz CT molecular complexity index is 624. The molecule has 0 aromatic carbocycles. The van der Waals surface area contributed by atoms with Crippen LogP contribution < -0.4 is 0 Å². The second kappa shape index (κ2) is 5.69. The molecule has 1 fully saturated rings. The van der Waals surface area contributed by atoms with E-state index in [1.54, 1.807) is 18.7 Å². The number of hydrogen-bond donors (Lipinski definition) is 1. The summed E-state index contributed by atoms with van der Waals surface area (Å²) in [5, 5.41) is 9.46. The van der Waals surface area contributed by atoms with E-state index in [-0.39, 0.29) is 6.04 Å². The van der Waals surface area contributed by atoms with Gasteiger partial charge in [0.05, 0.1) is 12.3 Å². The van der Waals surface area contributed by atoms with Crippen LogP contribution in [0.5, 0.6) is 0 Å². The van der Waals surface area contributed by atoms with Gasteiger partial charge in [0.2, 0.25) is 0 Å². The number of rotatable bonds is 4. The van der Waals surface area contributed by atoms with Crippen LogP contribution in [0.4, 0.5) is 0 Å². The van der Waals surface area contributed by atoms with Gasteiger partial charge < -0.3 is 9.52 Å². The number of aryl methyl sites for hydroxylation is 1. The van der Waals surface area contributed by atoms with Crippen molar-refractivity contribution >= 4 is 5.97 Å². The first-order valence-electron chi connectivity index (χ1n) is 7.11. The Hall–Kier alpha value is -2.14. The third-order valence-corrected chi connectivity index (χ3v) is 4.08. The number of hydrogen-bond acceptors (Lipinski definition) is 4. The van der Waals surface area contributed by atoms with Gasteiger partial charge in [0.1, 0.15) is 11.8 Å². The van der Waals surface area contributed by atoms with E-state index in [4.69, 9.17) is 4.42 Å². The molecule has 21 heavy (non-hydrogen) atoms. The van der Waals surface area contributed by atoms with Crippen molar-refractivity contribution in [3.05, 3.63) is 53.7 Å². The normalized spacial score (nSPS) is 20.5. The zero-order valence-corrected chi connectivity index (χ0v) is 11.9. The van der Waals surface area contributed by atoms with E-state index >= 15 is 0 Å².